The van der Waals surface area contributed by atoms with E-state index in [9.17, 15) is 14.4 Å². The van der Waals surface area contributed by atoms with Crippen LogP contribution in [0, 0.1) is 17.8 Å². The molecule has 0 saturated heterocycles. The summed E-state index contributed by atoms with van der Waals surface area (Å²) in [6, 6.07) is 5.61. The van der Waals surface area contributed by atoms with Crippen LogP contribution in [0.4, 0.5) is 0 Å². The van der Waals surface area contributed by atoms with Crippen LogP contribution >= 0.6 is 0 Å². The van der Waals surface area contributed by atoms with Gasteiger partial charge in [-0.3, -0.25) is 14.4 Å². The summed E-state index contributed by atoms with van der Waals surface area (Å²) in [4.78, 5) is 38.9. The molecule has 3 rings (SSSR count). The van der Waals surface area contributed by atoms with E-state index in [2.05, 4.69) is 16.0 Å². The van der Waals surface area contributed by atoms with Crippen molar-refractivity contribution in [3.05, 3.63) is 48.2 Å². The van der Waals surface area contributed by atoms with Gasteiger partial charge in [0.1, 0.15) is 23.9 Å². The van der Waals surface area contributed by atoms with Gasteiger partial charge < -0.3 is 20.7 Å². The van der Waals surface area contributed by atoms with Gasteiger partial charge in [-0.1, -0.05) is 59.8 Å². The van der Waals surface area contributed by atoms with Gasteiger partial charge in [0.25, 0.3) is 0 Å². The lowest BCUT2D eigenvalue weighted by atomic mass is 9.96. The first-order valence-corrected chi connectivity index (χ1v) is 11.6. The number of ether oxygens (including phenoxy) is 1. The minimum Gasteiger partial charge on any atom is -0.487 e. The van der Waals surface area contributed by atoms with Crippen LogP contribution in [0.1, 0.15) is 53.5 Å². The lowest BCUT2D eigenvalue weighted by Crippen LogP contribution is -2.59. The fraction of sp³-hybridized carbons (Fsp3) is 0.500. The van der Waals surface area contributed by atoms with Gasteiger partial charge >= 0.3 is 0 Å². The van der Waals surface area contributed by atoms with Crippen molar-refractivity contribution in [1.29, 1.82) is 0 Å². The monoisotopic (exact) mass is 455 g/mol. The summed E-state index contributed by atoms with van der Waals surface area (Å²) in [5, 5.41) is 8.41. The molecule has 2 aliphatic rings. The maximum atomic E-state index is 13.4. The van der Waals surface area contributed by atoms with Crippen LogP contribution in [0.5, 0.6) is 5.75 Å². The zero-order valence-corrected chi connectivity index (χ0v) is 20.4. The molecule has 180 valence electrons. The molecular weight excluding hydrogens is 418 g/mol. The van der Waals surface area contributed by atoms with Crippen LogP contribution in [0.3, 0.4) is 0 Å². The van der Waals surface area contributed by atoms with E-state index < -0.39 is 24.1 Å². The molecule has 7 heteroatoms. The summed E-state index contributed by atoms with van der Waals surface area (Å²) in [6.45, 7) is 11.8. The summed E-state index contributed by atoms with van der Waals surface area (Å²) in [7, 11) is 0. The van der Waals surface area contributed by atoms with Crippen LogP contribution in [0.25, 0.3) is 6.08 Å². The molecule has 1 aromatic carbocycles. The molecule has 3 atom stereocenters. The Morgan fingerprint density at radius 3 is 2.30 bits per heavy atom. The zero-order chi connectivity index (χ0) is 24.5. The molecular formula is C26H37N3O4. The fourth-order valence-corrected chi connectivity index (χ4v) is 3.47. The number of amides is 3. The van der Waals surface area contributed by atoms with E-state index in [-0.39, 0.29) is 29.6 Å². The van der Waals surface area contributed by atoms with Gasteiger partial charge in [-0.2, -0.15) is 0 Å². The largest absolute Gasteiger partial charge is 0.487 e. The Kier molecular flexibility index (Phi) is 9.70. The molecule has 2 aliphatic heterocycles. The number of allylic oxidation sites excluding steroid dienone is 1. The van der Waals surface area contributed by atoms with Gasteiger partial charge in [-0.05, 0) is 54.0 Å². The number of carbonyl (C=O) groups excluding carboxylic acids is 3. The van der Waals surface area contributed by atoms with E-state index in [1.165, 1.54) is 6.08 Å². The van der Waals surface area contributed by atoms with Crippen molar-refractivity contribution >= 4 is 23.8 Å². The fourth-order valence-electron chi connectivity index (χ4n) is 3.47. The first kappa shape index (κ1) is 26.2. The standard InChI is InChI=1S/C26H37N3O4/c1-16(2)7-12-22(30)29-23-24(18(5)6)33-20-10-8-19(9-11-20)13-14-27-25(31)21(15-17(3)4)28-26(23)32/h7-14,16-18,21,23-24H,15H2,1-6H3,(H,27,31)(H,28,32)(H,29,30)/b12-7+,14-13-/t21-,23?,24-/m0/s1. The van der Waals surface area contributed by atoms with Crippen molar-refractivity contribution in [2.75, 3.05) is 0 Å². The molecule has 0 fully saturated rings. The summed E-state index contributed by atoms with van der Waals surface area (Å²) in [5.74, 6) is -0.295. The number of carbonyl (C=O) groups is 3. The average Bonchev–Trinajstić information content (AvgIpc) is 2.74. The molecule has 2 heterocycles. The predicted octanol–water partition coefficient (Wildman–Crippen LogP) is 3.42. The molecule has 0 spiro atoms. The van der Waals surface area contributed by atoms with Crippen molar-refractivity contribution < 1.29 is 19.1 Å². The second-order valence-electron chi connectivity index (χ2n) is 9.52. The minimum absolute atomic E-state index is 0.0972. The average molecular weight is 456 g/mol. The van der Waals surface area contributed by atoms with Crippen molar-refractivity contribution in [2.24, 2.45) is 17.8 Å². The Morgan fingerprint density at radius 1 is 1.06 bits per heavy atom. The van der Waals surface area contributed by atoms with Gasteiger partial charge in [0.15, 0.2) is 0 Å². The van der Waals surface area contributed by atoms with E-state index >= 15 is 0 Å². The highest BCUT2D eigenvalue weighted by molar-refractivity contribution is 5.95. The van der Waals surface area contributed by atoms with E-state index in [4.69, 9.17) is 4.74 Å². The van der Waals surface area contributed by atoms with E-state index in [1.807, 2.05) is 53.7 Å². The van der Waals surface area contributed by atoms with Gasteiger partial charge in [0.2, 0.25) is 17.7 Å². The quantitative estimate of drug-likeness (QED) is 0.573. The molecule has 33 heavy (non-hydrogen) atoms. The summed E-state index contributed by atoms with van der Waals surface area (Å²) < 4.78 is 6.20. The SMILES string of the molecule is CC(C)/C=C/C(=O)NC1C(=O)N[C@@H](CC(C)C)C(=O)N/C=C\c2ccc(cc2)O[C@H]1C(C)C. The normalized spacial score (nSPS) is 22.8. The molecule has 7 nitrogen and oxygen atoms in total. The highest BCUT2D eigenvalue weighted by atomic mass is 16.5. The Hall–Kier alpha value is -3.09. The van der Waals surface area contributed by atoms with Crippen molar-refractivity contribution in [3.63, 3.8) is 0 Å². The molecule has 0 saturated carbocycles. The maximum Gasteiger partial charge on any atom is 0.247 e. The van der Waals surface area contributed by atoms with Gasteiger partial charge in [0.05, 0.1) is 0 Å². The Balaban J connectivity index is 2.46. The molecule has 0 aromatic heterocycles. The molecule has 1 unspecified atom stereocenters. The molecule has 3 N–H and O–H groups in total. The third-order valence-electron chi connectivity index (χ3n) is 5.19. The topological polar surface area (TPSA) is 96.5 Å². The summed E-state index contributed by atoms with van der Waals surface area (Å²) in [5.41, 5.74) is 0.897. The summed E-state index contributed by atoms with van der Waals surface area (Å²) in [6.07, 6.45) is 6.36. The highest BCUT2D eigenvalue weighted by Gasteiger charge is 2.36. The van der Waals surface area contributed by atoms with E-state index in [0.717, 1.165) is 5.56 Å². The molecule has 1 aromatic rings. The summed E-state index contributed by atoms with van der Waals surface area (Å²) >= 11 is 0. The second-order valence-corrected chi connectivity index (χ2v) is 9.52. The molecule has 0 radical (unpaired) electrons. The van der Waals surface area contributed by atoms with E-state index in [1.54, 1.807) is 30.5 Å². The van der Waals surface area contributed by atoms with Crippen molar-refractivity contribution in [3.8, 4) is 5.75 Å². The molecule has 0 aliphatic carbocycles. The second kappa shape index (κ2) is 12.2. The van der Waals surface area contributed by atoms with Gasteiger partial charge in [-0.15, -0.1) is 0 Å². The van der Waals surface area contributed by atoms with Gasteiger partial charge in [0, 0.05) is 6.20 Å². The highest BCUT2D eigenvalue weighted by Crippen LogP contribution is 2.21. The van der Waals surface area contributed by atoms with Crippen molar-refractivity contribution in [2.45, 2.75) is 66.2 Å². The third-order valence-corrected chi connectivity index (χ3v) is 5.19. The number of benzene rings is 1. The van der Waals surface area contributed by atoms with Crippen LogP contribution in [-0.2, 0) is 14.4 Å². The first-order valence-electron chi connectivity index (χ1n) is 11.6. The lowest BCUT2D eigenvalue weighted by molar-refractivity contribution is -0.133. The Labute approximate surface area is 197 Å². The Morgan fingerprint density at radius 2 is 1.73 bits per heavy atom. The number of nitrogens with one attached hydrogen (secondary N) is 3. The van der Waals surface area contributed by atoms with E-state index in [0.29, 0.717) is 12.2 Å². The molecule has 3 amide bonds. The predicted molar refractivity (Wildman–Crippen MR) is 130 cm³/mol. The number of fused-ring (bicyclic) bond motifs is 10. The lowest BCUT2D eigenvalue weighted by Gasteiger charge is -2.32. The number of rotatable bonds is 6. The maximum absolute atomic E-state index is 13.4. The smallest absolute Gasteiger partial charge is 0.247 e. The number of hydrogen-bond acceptors (Lipinski definition) is 4. The first-order chi connectivity index (χ1) is 15.6. The zero-order valence-electron chi connectivity index (χ0n) is 20.4. The van der Waals surface area contributed by atoms with Gasteiger partial charge in [-0.25, -0.2) is 0 Å². The van der Waals surface area contributed by atoms with Crippen LogP contribution in [-0.4, -0.2) is 35.9 Å². The third kappa shape index (κ3) is 8.40. The Bertz CT molecular complexity index is 872. The van der Waals surface area contributed by atoms with Crippen molar-refractivity contribution in [1.82, 2.24) is 16.0 Å². The van der Waals surface area contributed by atoms with Crippen LogP contribution in [0.15, 0.2) is 42.6 Å². The van der Waals surface area contributed by atoms with Crippen LogP contribution in [0.2, 0.25) is 0 Å². The minimum atomic E-state index is -0.991. The molecule has 2 bridgehead atoms. The number of hydrogen-bond donors (Lipinski definition) is 3. The van der Waals surface area contributed by atoms with Crippen LogP contribution < -0.4 is 20.7 Å².